The lowest BCUT2D eigenvalue weighted by Crippen LogP contribution is -2.19. The number of carbonyl (C=O) groups is 1. The first-order valence-electron chi connectivity index (χ1n) is 8.07. The SMILES string of the molecule is CCC(n1c(C)c(C(=O)c2ccccc2)c2ccccc21)[S+](C)[O-]. The third-order valence-corrected chi connectivity index (χ3v) is 5.75. The van der Waals surface area contributed by atoms with Gasteiger partial charge in [0.15, 0.2) is 11.2 Å². The van der Waals surface area contributed by atoms with Gasteiger partial charge in [0, 0.05) is 23.1 Å². The number of hydrogen-bond donors (Lipinski definition) is 0. The molecule has 0 saturated heterocycles. The minimum atomic E-state index is -1.01. The Balaban J connectivity index is 2.26. The van der Waals surface area contributed by atoms with E-state index in [2.05, 4.69) is 4.57 Å². The lowest BCUT2D eigenvalue weighted by Gasteiger charge is -2.21. The first kappa shape index (κ1) is 16.8. The van der Waals surface area contributed by atoms with Crippen LogP contribution >= 0.6 is 0 Å². The molecule has 0 saturated carbocycles. The van der Waals surface area contributed by atoms with Crippen molar-refractivity contribution in [2.24, 2.45) is 0 Å². The highest BCUT2D eigenvalue weighted by Gasteiger charge is 2.27. The van der Waals surface area contributed by atoms with Gasteiger partial charge in [-0.15, -0.1) is 0 Å². The summed E-state index contributed by atoms with van der Waals surface area (Å²) in [7, 11) is 0. The third kappa shape index (κ3) is 2.76. The van der Waals surface area contributed by atoms with Crippen LogP contribution in [0.4, 0.5) is 0 Å². The molecule has 124 valence electrons. The predicted molar refractivity (Wildman–Crippen MR) is 99.9 cm³/mol. The highest BCUT2D eigenvalue weighted by molar-refractivity contribution is 7.90. The van der Waals surface area contributed by atoms with E-state index in [0.29, 0.717) is 11.1 Å². The number of fused-ring (bicyclic) bond motifs is 1. The first-order valence-corrected chi connectivity index (χ1v) is 9.69. The lowest BCUT2D eigenvalue weighted by molar-refractivity contribution is 0.103. The molecule has 0 aliphatic carbocycles. The molecule has 1 aromatic heterocycles. The molecule has 2 unspecified atom stereocenters. The average molecular weight is 339 g/mol. The molecule has 0 spiro atoms. The van der Waals surface area contributed by atoms with Crippen LogP contribution in [-0.2, 0) is 11.2 Å². The summed E-state index contributed by atoms with van der Waals surface area (Å²) in [5, 5.41) is 0.792. The Bertz CT molecular complexity index is 868. The van der Waals surface area contributed by atoms with Crippen molar-refractivity contribution >= 4 is 27.9 Å². The maximum Gasteiger partial charge on any atom is 0.195 e. The molecule has 2 atom stereocenters. The molecule has 4 heteroatoms. The maximum absolute atomic E-state index is 13.1. The quantitative estimate of drug-likeness (QED) is 0.508. The van der Waals surface area contributed by atoms with Crippen LogP contribution in [0, 0.1) is 6.92 Å². The van der Waals surface area contributed by atoms with Crippen LogP contribution < -0.4 is 0 Å². The average Bonchev–Trinajstić information content (AvgIpc) is 2.88. The molecule has 1 heterocycles. The second kappa shape index (κ2) is 6.83. The normalized spacial score (nSPS) is 13.8. The Morgan fingerprint density at radius 3 is 2.38 bits per heavy atom. The van der Waals surface area contributed by atoms with Gasteiger partial charge in [0.25, 0.3) is 0 Å². The van der Waals surface area contributed by atoms with Crippen LogP contribution in [0.1, 0.15) is 40.3 Å². The summed E-state index contributed by atoms with van der Waals surface area (Å²) in [6, 6.07) is 17.2. The van der Waals surface area contributed by atoms with E-state index < -0.39 is 11.2 Å². The molecule has 3 rings (SSSR count). The van der Waals surface area contributed by atoms with Crippen LogP contribution in [-0.4, -0.2) is 21.2 Å². The third-order valence-electron chi connectivity index (χ3n) is 4.44. The number of carbonyl (C=O) groups excluding carboxylic acids is 1. The molecule has 2 aromatic carbocycles. The van der Waals surface area contributed by atoms with Crippen LogP contribution in [0.2, 0.25) is 0 Å². The summed E-state index contributed by atoms with van der Waals surface area (Å²) in [5.74, 6) is 0.0137. The minimum absolute atomic E-state index is 0.0137. The Hall–Kier alpha value is -2.04. The monoisotopic (exact) mass is 339 g/mol. The summed E-state index contributed by atoms with van der Waals surface area (Å²) in [6.07, 6.45) is 2.47. The molecule has 0 fully saturated rings. The van der Waals surface area contributed by atoms with E-state index in [1.807, 2.05) is 68.4 Å². The van der Waals surface area contributed by atoms with Crippen molar-refractivity contribution in [1.29, 1.82) is 0 Å². The standard InChI is InChI=1S/C20H21NO2S/c1-4-18(24(3)23)21-14(2)19(16-12-8-9-13-17(16)21)20(22)15-10-6-5-7-11-15/h5-13,18H,4H2,1-3H3. The fraction of sp³-hybridized carbons (Fsp3) is 0.250. The topological polar surface area (TPSA) is 45.1 Å². The van der Waals surface area contributed by atoms with E-state index in [1.165, 1.54) is 0 Å². The zero-order valence-corrected chi connectivity index (χ0v) is 15.0. The summed E-state index contributed by atoms with van der Waals surface area (Å²) in [5.41, 5.74) is 3.23. The van der Waals surface area contributed by atoms with E-state index in [9.17, 15) is 9.35 Å². The molecule has 0 aliphatic heterocycles. The van der Waals surface area contributed by atoms with Gasteiger partial charge in [0.1, 0.15) is 0 Å². The number of hydrogen-bond acceptors (Lipinski definition) is 2. The van der Waals surface area contributed by atoms with Gasteiger partial charge in [0.2, 0.25) is 0 Å². The Morgan fingerprint density at radius 2 is 1.75 bits per heavy atom. The summed E-state index contributed by atoms with van der Waals surface area (Å²) >= 11 is -1.01. The fourth-order valence-electron chi connectivity index (χ4n) is 3.35. The second-order valence-electron chi connectivity index (χ2n) is 5.90. The van der Waals surface area contributed by atoms with Gasteiger partial charge >= 0.3 is 0 Å². The molecule has 3 aromatic rings. The Kier molecular flexibility index (Phi) is 4.78. The van der Waals surface area contributed by atoms with Crippen molar-refractivity contribution in [1.82, 2.24) is 4.57 Å². The molecule has 3 nitrogen and oxygen atoms in total. The van der Waals surface area contributed by atoms with Crippen LogP contribution in [0.5, 0.6) is 0 Å². The van der Waals surface area contributed by atoms with E-state index in [-0.39, 0.29) is 11.2 Å². The van der Waals surface area contributed by atoms with E-state index >= 15 is 0 Å². The molecule has 0 aliphatic rings. The number of rotatable bonds is 5. The highest BCUT2D eigenvalue weighted by atomic mass is 32.2. The highest BCUT2D eigenvalue weighted by Crippen LogP contribution is 2.33. The van der Waals surface area contributed by atoms with Crippen LogP contribution in [0.3, 0.4) is 0 Å². The zero-order valence-electron chi connectivity index (χ0n) is 14.2. The van der Waals surface area contributed by atoms with E-state index in [0.717, 1.165) is 23.0 Å². The summed E-state index contributed by atoms with van der Waals surface area (Å²) < 4.78 is 14.3. The van der Waals surface area contributed by atoms with Crippen molar-refractivity contribution < 1.29 is 9.35 Å². The molecule has 0 amide bonds. The largest absolute Gasteiger partial charge is 0.615 e. The van der Waals surface area contributed by atoms with Gasteiger partial charge in [-0.3, -0.25) is 9.36 Å². The van der Waals surface area contributed by atoms with Crippen molar-refractivity contribution in [2.45, 2.75) is 25.6 Å². The van der Waals surface area contributed by atoms with E-state index in [1.54, 1.807) is 6.26 Å². The lowest BCUT2D eigenvalue weighted by atomic mass is 10.0. The Labute approximate surface area is 145 Å². The number of benzene rings is 2. The number of aromatic nitrogens is 1. The van der Waals surface area contributed by atoms with Crippen molar-refractivity contribution in [3.63, 3.8) is 0 Å². The van der Waals surface area contributed by atoms with Gasteiger partial charge in [0.05, 0.1) is 17.3 Å². The van der Waals surface area contributed by atoms with Gasteiger partial charge < -0.3 is 4.55 Å². The summed E-state index contributed by atoms with van der Waals surface area (Å²) in [4.78, 5) is 13.1. The molecular formula is C20H21NO2S. The van der Waals surface area contributed by atoms with Crippen molar-refractivity contribution in [3.05, 3.63) is 71.4 Å². The number of ketones is 1. The maximum atomic E-state index is 13.1. The molecular weight excluding hydrogens is 318 g/mol. The molecule has 0 N–H and O–H groups in total. The molecule has 0 radical (unpaired) electrons. The predicted octanol–water partition coefficient (Wildman–Crippen LogP) is 4.47. The number of para-hydroxylation sites is 1. The first-order chi connectivity index (χ1) is 11.6. The van der Waals surface area contributed by atoms with Crippen molar-refractivity contribution in [2.75, 3.05) is 6.26 Å². The second-order valence-corrected chi connectivity index (χ2v) is 7.45. The Morgan fingerprint density at radius 1 is 1.12 bits per heavy atom. The van der Waals surface area contributed by atoms with Gasteiger partial charge in [-0.05, 0) is 24.2 Å². The van der Waals surface area contributed by atoms with Gasteiger partial charge in [-0.25, -0.2) is 0 Å². The van der Waals surface area contributed by atoms with Crippen LogP contribution in [0.15, 0.2) is 54.6 Å². The van der Waals surface area contributed by atoms with Crippen LogP contribution in [0.25, 0.3) is 10.9 Å². The zero-order chi connectivity index (χ0) is 17.3. The smallest absolute Gasteiger partial charge is 0.195 e. The van der Waals surface area contributed by atoms with E-state index in [4.69, 9.17) is 0 Å². The number of nitrogens with zero attached hydrogens (tertiary/aromatic N) is 1. The van der Waals surface area contributed by atoms with Crippen molar-refractivity contribution in [3.8, 4) is 0 Å². The fourth-order valence-corrected chi connectivity index (χ4v) is 4.39. The van der Waals surface area contributed by atoms with Gasteiger partial charge in [-0.1, -0.05) is 55.5 Å². The molecule has 24 heavy (non-hydrogen) atoms. The van der Waals surface area contributed by atoms with Gasteiger partial charge in [-0.2, -0.15) is 0 Å². The summed E-state index contributed by atoms with van der Waals surface area (Å²) in [6.45, 7) is 3.98. The molecule has 0 bridgehead atoms. The minimum Gasteiger partial charge on any atom is -0.615 e.